The Kier molecular flexibility index (Phi) is 6.90. The van der Waals surface area contributed by atoms with Crippen molar-refractivity contribution in [2.45, 2.75) is 25.2 Å². The van der Waals surface area contributed by atoms with Gasteiger partial charge in [-0.1, -0.05) is 24.3 Å². The molecule has 7 nitrogen and oxygen atoms in total. The number of hydrogen-bond donors (Lipinski definition) is 1. The molecule has 1 aromatic heterocycles. The third kappa shape index (κ3) is 5.36. The molecule has 0 amide bonds. The molecule has 0 saturated carbocycles. The minimum absolute atomic E-state index is 0.128. The van der Waals surface area contributed by atoms with Gasteiger partial charge in [0.2, 0.25) is 10.0 Å². The molecule has 0 saturated heterocycles. The van der Waals surface area contributed by atoms with E-state index < -0.39 is 10.0 Å². The van der Waals surface area contributed by atoms with Gasteiger partial charge in [-0.2, -0.15) is 5.10 Å². The fourth-order valence-corrected chi connectivity index (χ4v) is 3.79. The molecule has 0 aliphatic heterocycles. The van der Waals surface area contributed by atoms with E-state index >= 15 is 0 Å². The third-order valence-electron chi connectivity index (χ3n) is 4.20. The van der Waals surface area contributed by atoms with Crippen LogP contribution in [0.15, 0.2) is 65.8 Å². The summed E-state index contributed by atoms with van der Waals surface area (Å²) in [5.74, 6) is 1.35. The molecule has 0 bridgehead atoms. The monoisotopic (exact) mass is 415 g/mol. The molecule has 2 aromatic carbocycles. The van der Waals surface area contributed by atoms with Crippen LogP contribution < -0.4 is 14.2 Å². The van der Waals surface area contributed by atoms with Gasteiger partial charge >= 0.3 is 0 Å². The fraction of sp³-hybridized carbons (Fsp3) is 0.286. The molecule has 0 aliphatic rings. The Morgan fingerprint density at radius 2 is 1.72 bits per heavy atom. The molecule has 3 rings (SSSR count). The van der Waals surface area contributed by atoms with Gasteiger partial charge in [-0.05, 0) is 50.1 Å². The largest absolute Gasteiger partial charge is 0.490 e. The number of hydrogen-bond acceptors (Lipinski definition) is 5. The van der Waals surface area contributed by atoms with Crippen molar-refractivity contribution in [3.63, 3.8) is 0 Å². The molecule has 0 radical (unpaired) electrons. The van der Waals surface area contributed by atoms with Crippen molar-refractivity contribution in [3.05, 3.63) is 66.5 Å². The summed E-state index contributed by atoms with van der Waals surface area (Å²) in [5, 5.41) is 4.15. The molecule has 3 aromatic rings. The van der Waals surface area contributed by atoms with Crippen LogP contribution in [0.5, 0.6) is 11.5 Å². The van der Waals surface area contributed by atoms with Crippen LogP contribution in [0.4, 0.5) is 0 Å². The molecule has 0 aliphatic carbocycles. The van der Waals surface area contributed by atoms with Gasteiger partial charge in [0.25, 0.3) is 0 Å². The highest BCUT2D eigenvalue weighted by molar-refractivity contribution is 7.89. The summed E-state index contributed by atoms with van der Waals surface area (Å²) in [6, 6.07) is 15.0. The lowest BCUT2D eigenvalue weighted by atomic mass is 10.1. The summed E-state index contributed by atoms with van der Waals surface area (Å²) in [6.07, 6.45) is 3.37. The second-order valence-corrected chi connectivity index (χ2v) is 8.02. The molecule has 0 unspecified atom stereocenters. The lowest BCUT2D eigenvalue weighted by Crippen LogP contribution is -2.25. The maximum atomic E-state index is 12.6. The van der Waals surface area contributed by atoms with Gasteiger partial charge in [0.1, 0.15) is 4.90 Å². The average molecular weight is 416 g/mol. The van der Waals surface area contributed by atoms with Crippen LogP contribution >= 0.6 is 0 Å². The van der Waals surface area contributed by atoms with Crippen molar-refractivity contribution in [1.82, 2.24) is 14.5 Å². The Morgan fingerprint density at radius 1 is 1.00 bits per heavy atom. The summed E-state index contributed by atoms with van der Waals surface area (Å²) < 4.78 is 40.5. The first-order valence-electron chi connectivity index (χ1n) is 9.51. The Hall–Kier alpha value is -2.84. The summed E-state index contributed by atoms with van der Waals surface area (Å²) in [7, 11) is -3.64. The van der Waals surface area contributed by atoms with Crippen molar-refractivity contribution in [2.24, 2.45) is 0 Å². The molecule has 0 spiro atoms. The van der Waals surface area contributed by atoms with Crippen LogP contribution in [0.25, 0.3) is 5.69 Å². The smallest absolute Gasteiger partial charge is 0.243 e. The van der Waals surface area contributed by atoms with E-state index in [1.165, 1.54) is 17.1 Å². The lowest BCUT2D eigenvalue weighted by Gasteiger charge is -2.12. The Balaban J connectivity index is 1.64. The maximum Gasteiger partial charge on any atom is 0.243 e. The first-order chi connectivity index (χ1) is 14.0. The topological polar surface area (TPSA) is 82.5 Å². The molecular formula is C21H25N3O4S. The van der Waals surface area contributed by atoms with Gasteiger partial charge in [-0.15, -0.1) is 0 Å². The minimum atomic E-state index is -3.64. The van der Waals surface area contributed by atoms with Crippen molar-refractivity contribution in [1.29, 1.82) is 0 Å². The quantitative estimate of drug-likeness (QED) is 0.550. The van der Waals surface area contributed by atoms with Crippen LogP contribution in [0.1, 0.15) is 19.4 Å². The van der Waals surface area contributed by atoms with E-state index in [-0.39, 0.29) is 11.4 Å². The number of nitrogens with one attached hydrogen (secondary N) is 1. The third-order valence-corrected chi connectivity index (χ3v) is 5.62. The van der Waals surface area contributed by atoms with E-state index in [0.29, 0.717) is 31.1 Å². The Bertz CT molecular complexity index is 1030. The summed E-state index contributed by atoms with van der Waals surface area (Å²) in [6.45, 7) is 5.17. The Labute approximate surface area is 171 Å². The highest BCUT2D eigenvalue weighted by Crippen LogP contribution is 2.28. The predicted octanol–water partition coefficient (Wildman–Crippen LogP) is 3.19. The van der Waals surface area contributed by atoms with E-state index in [1.807, 2.05) is 62.4 Å². The predicted molar refractivity (Wildman–Crippen MR) is 111 cm³/mol. The molecule has 1 heterocycles. The number of para-hydroxylation sites is 1. The highest BCUT2D eigenvalue weighted by Gasteiger charge is 2.16. The van der Waals surface area contributed by atoms with Crippen LogP contribution in [0, 0.1) is 0 Å². The normalized spacial score (nSPS) is 11.4. The second kappa shape index (κ2) is 9.58. The average Bonchev–Trinajstić information content (AvgIpc) is 3.22. The molecular weight excluding hydrogens is 390 g/mol. The SMILES string of the molecule is CCOc1ccc(CCNS(=O)(=O)c2cnn(-c3ccccc3)c2)cc1OCC. The molecule has 8 heteroatoms. The summed E-state index contributed by atoms with van der Waals surface area (Å²) in [5.41, 5.74) is 1.76. The standard InChI is InChI=1S/C21H25N3O4S/c1-3-27-20-11-10-17(14-21(20)28-4-2)12-13-23-29(25,26)19-15-22-24(16-19)18-8-6-5-7-9-18/h5-11,14-16,23H,3-4,12-13H2,1-2H3. The molecule has 1 N–H and O–H groups in total. The number of benzene rings is 2. The number of rotatable bonds is 10. The van der Waals surface area contributed by atoms with Crippen LogP contribution in [-0.2, 0) is 16.4 Å². The zero-order valence-electron chi connectivity index (χ0n) is 16.5. The van der Waals surface area contributed by atoms with E-state index in [2.05, 4.69) is 9.82 Å². The van der Waals surface area contributed by atoms with Crippen LogP contribution in [0.2, 0.25) is 0 Å². The van der Waals surface area contributed by atoms with E-state index in [1.54, 1.807) is 0 Å². The number of nitrogens with zero attached hydrogens (tertiary/aromatic N) is 2. The minimum Gasteiger partial charge on any atom is -0.490 e. The van der Waals surface area contributed by atoms with Crippen LogP contribution in [-0.4, -0.2) is 38.0 Å². The fourth-order valence-electron chi connectivity index (χ4n) is 2.83. The number of aromatic nitrogens is 2. The van der Waals surface area contributed by atoms with Crippen molar-refractivity contribution in [3.8, 4) is 17.2 Å². The Morgan fingerprint density at radius 3 is 2.45 bits per heavy atom. The summed E-state index contributed by atoms with van der Waals surface area (Å²) in [4.78, 5) is 0.128. The number of ether oxygens (including phenoxy) is 2. The zero-order valence-corrected chi connectivity index (χ0v) is 17.4. The molecule has 0 fully saturated rings. The van der Waals surface area contributed by atoms with Crippen molar-refractivity contribution in [2.75, 3.05) is 19.8 Å². The second-order valence-electron chi connectivity index (χ2n) is 6.25. The van der Waals surface area contributed by atoms with Crippen LogP contribution in [0.3, 0.4) is 0 Å². The highest BCUT2D eigenvalue weighted by atomic mass is 32.2. The molecule has 29 heavy (non-hydrogen) atoms. The molecule has 0 atom stereocenters. The number of sulfonamides is 1. The van der Waals surface area contributed by atoms with Gasteiger partial charge in [0.15, 0.2) is 11.5 Å². The van der Waals surface area contributed by atoms with Gasteiger partial charge < -0.3 is 9.47 Å². The maximum absolute atomic E-state index is 12.6. The lowest BCUT2D eigenvalue weighted by molar-refractivity contribution is 0.287. The first-order valence-corrected chi connectivity index (χ1v) is 11.0. The zero-order chi connectivity index (χ0) is 20.7. The van der Waals surface area contributed by atoms with Gasteiger partial charge in [0, 0.05) is 6.54 Å². The summed E-state index contributed by atoms with van der Waals surface area (Å²) >= 11 is 0. The molecule has 154 valence electrons. The van der Waals surface area contributed by atoms with Gasteiger partial charge in [-0.25, -0.2) is 17.8 Å². The van der Waals surface area contributed by atoms with Crippen molar-refractivity contribution >= 4 is 10.0 Å². The van der Waals surface area contributed by atoms with E-state index in [0.717, 1.165) is 11.3 Å². The van der Waals surface area contributed by atoms with Crippen molar-refractivity contribution < 1.29 is 17.9 Å². The van der Waals surface area contributed by atoms with E-state index in [4.69, 9.17) is 9.47 Å². The first kappa shape index (κ1) is 20.9. The van der Waals surface area contributed by atoms with Gasteiger partial charge in [0.05, 0.1) is 31.3 Å². The van der Waals surface area contributed by atoms with E-state index in [9.17, 15) is 8.42 Å². The van der Waals surface area contributed by atoms with Gasteiger partial charge in [-0.3, -0.25) is 0 Å².